The van der Waals surface area contributed by atoms with Crippen LogP contribution in [0.4, 0.5) is 17.5 Å². The largest absolute Gasteiger partial charge is 0.493 e. The molecule has 0 radical (unpaired) electrons. The van der Waals surface area contributed by atoms with Crippen LogP contribution in [0.1, 0.15) is 24.8 Å². The number of rotatable bonds is 9. The number of piperazine rings is 1. The van der Waals surface area contributed by atoms with Gasteiger partial charge >= 0.3 is 0 Å². The van der Waals surface area contributed by atoms with Crippen LogP contribution in [-0.4, -0.2) is 61.2 Å². The molecule has 2 heterocycles. The van der Waals surface area contributed by atoms with Gasteiger partial charge in [-0.25, -0.2) is 4.98 Å². The number of nitrogen functional groups attached to an aromatic ring is 1. The van der Waals surface area contributed by atoms with E-state index in [0.717, 1.165) is 19.3 Å². The maximum atomic E-state index is 12.7. The zero-order valence-corrected chi connectivity index (χ0v) is 20.6. The van der Waals surface area contributed by atoms with Gasteiger partial charge in [0.05, 0.1) is 19.7 Å². The third-order valence-electron chi connectivity index (χ3n) is 6.34. The van der Waals surface area contributed by atoms with Crippen molar-refractivity contribution in [2.45, 2.75) is 25.7 Å². The van der Waals surface area contributed by atoms with Crippen LogP contribution in [-0.2, 0) is 11.2 Å². The van der Waals surface area contributed by atoms with E-state index in [1.165, 1.54) is 5.56 Å². The molecular weight excluding hydrogens is 460 g/mol. The Morgan fingerprint density at radius 3 is 2.42 bits per heavy atom. The molecule has 11 nitrogen and oxygen atoms in total. The number of ether oxygens (including phenoxy) is 2. The lowest BCUT2D eigenvalue weighted by Gasteiger charge is -2.35. The summed E-state index contributed by atoms with van der Waals surface area (Å²) >= 11 is 0. The topological polar surface area (TPSA) is 143 Å². The van der Waals surface area contributed by atoms with Gasteiger partial charge in [-0.3, -0.25) is 4.79 Å². The molecular formula is C25H30N8O3. The highest BCUT2D eigenvalue weighted by molar-refractivity contribution is 5.91. The quantitative estimate of drug-likeness (QED) is 0.205. The minimum atomic E-state index is 0.170. The van der Waals surface area contributed by atoms with E-state index in [0.29, 0.717) is 72.5 Å². The van der Waals surface area contributed by atoms with E-state index in [4.69, 9.17) is 25.7 Å². The van der Waals surface area contributed by atoms with Gasteiger partial charge in [-0.1, -0.05) is 29.4 Å². The summed E-state index contributed by atoms with van der Waals surface area (Å²) in [7, 11) is 3.15. The monoisotopic (exact) mass is 490 g/mol. The Balaban J connectivity index is 1.28. The summed E-state index contributed by atoms with van der Waals surface area (Å²) in [6, 6.07) is 11.1. The number of benzene rings is 2. The fourth-order valence-electron chi connectivity index (χ4n) is 4.31. The predicted octanol–water partition coefficient (Wildman–Crippen LogP) is 4.23. The molecule has 1 aliphatic rings. The Morgan fingerprint density at radius 2 is 1.75 bits per heavy atom. The van der Waals surface area contributed by atoms with Crippen LogP contribution >= 0.6 is 0 Å². The van der Waals surface area contributed by atoms with Gasteiger partial charge < -0.3 is 25.0 Å². The number of nitrogens with zero attached hydrogens (tertiary/aromatic N) is 7. The number of hydrogen-bond donors (Lipinski definition) is 1. The van der Waals surface area contributed by atoms with E-state index in [1.807, 2.05) is 17.0 Å². The molecule has 0 bridgehead atoms. The Kier molecular flexibility index (Phi) is 7.92. The lowest BCUT2D eigenvalue weighted by molar-refractivity contribution is -0.131. The fraction of sp³-hybridized carbons (Fsp3) is 0.400. The molecule has 0 spiro atoms. The third kappa shape index (κ3) is 5.69. The standard InChI is InChI=1S/C25H30N8O3/c1-35-21-15-19-20(16-22(21)36-2)28-25(29-24(19)26)33-13-11-32(12-14-33)23(34)6-4-3-5-17-7-9-18(10-8-17)30-31-27/h7-10,15-16H,3-6,11-14H2,1-2H3,(H2,26,28,29). The molecule has 36 heavy (non-hydrogen) atoms. The van der Waals surface area contributed by atoms with Crippen LogP contribution in [0.25, 0.3) is 21.3 Å². The summed E-state index contributed by atoms with van der Waals surface area (Å²) in [5, 5.41) is 4.28. The Labute approximate surface area is 209 Å². The molecule has 1 saturated heterocycles. The summed E-state index contributed by atoms with van der Waals surface area (Å²) in [5.74, 6) is 2.25. The van der Waals surface area contributed by atoms with Crippen molar-refractivity contribution in [1.82, 2.24) is 14.9 Å². The highest BCUT2D eigenvalue weighted by atomic mass is 16.5. The molecule has 1 amide bonds. The maximum absolute atomic E-state index is 12.7. The van der Waals surface area contributed by atoms with Gasteiger partial charge in [0.1, 0.15) is 5.82 Å². The van der Waals surface area contributed by atoms with Gasteiger partial charge in [-0.05, 0) is 36.4 Å². The molecule has 1 fully saturated rings. The first-order chi connectivity index (χ1) is 17.5. The summed E-state index contributed by atoms with van der Waals surface area (Å²) in [5.41, 5.74) is 17.2. The van der Waals surface area contributed by atoms with E-state index in [-0.39, 0.29) is 5.91 Å². The smallest absolute Gasteiger partial charge is 0.228 e. The van der Waals surface area contributed by atoms with Crippen molar-refractivity contribution < 1.29 is 14.3 Å². The van der Waals surface area contributed by atoms with Gasteiger partial charge in [-0.2, -0.15) is 4.98 Å². The van der Waals surface area contributed by atoms with Crippen LogP contribution < -0.4 is 20.1 Å². The number of carbonyl (C=O) groups is 1. The van der Waals surface area contributed by atoms with Crippen molar-refractivity contribution in [3.63, 3.8) is 0 Å². The zero-order valence-electron chi connectivity index (χ0n) is 20.6. The van der Waals surface area contributed by atoms with E-state index >= 15 is 0 Å². The highest BCUT2D eigenvalue weighted by Crippen LogP contribution is 2.34. The number of aromatic nitrogens is 2. The number of nitrogens with two attached hydrogens (primary N) is 1. The van der Waals surface area contributed by atoms with Gasteiger partial charge in [0.2, 0.25) is 11.9 Å². The first kappa shape index (κ1) is 24.9. The second-order valence-corrected chi connectivity index (χ2v) is 8.56. The molecule has 2 N–H and O–H groups in total. The molecule has 0 aliphatic carbocycles. The summed E-state index contributed by atoms with van der Waals surface area (Å²) in [4.78, 5) is 28.6. The molecule has 188 valence electrons. The zero-order chi connectivity index (χ0) is 25.5. The number of azide groups is 1. The molecule has 2 aromatic carbocycles. The molecule has 3 aromatic rings. The van der Waals surface area contributed by atoms with Crippen LogP contribution in [0.3, 0.4) is 0 Å². The van der Waals surface area contributed by atoms with E-state index < -0.39 is 0 Å². The number of unbranched alkanes of at least 4 members (excludes halogenated alkanes) is 1. The highest BCUT2D eigenvalue weighted by Gasteiger charge is 2.23. The van der Waals surface area contributed by atoms with Crippen molar-refractivity contribution in [3.05, 3.63) is 52.4 Å². The number of aryl methyl sites for hydroxylation is 1. The van der Waals surface area contributed by atoms with Crippen molar-refractivity contribution in [1.29, 1.82) is 0 Å². The summed E-state index contributed by atoms with van der Waals surface area (Å²) < 4.78 is 10.7. The average molecular weight is 491 g/mol. The van der Waals surface area contributed by atoms with E-state index in [2.05, 4.69) is 19.9 Å². The Morgan fingerprint density at radius 1 is 1.06 bits per heavy atom. The van der Waals surface area contributed by atoms with Gasteiger partial charge in [0, 0.05) is 54.7 Å². The molecule has 4 rings (SSSR count). The van der Waals surface area contributed by atoms with Crippen molar-refractivity contribution in [3.8, 4) is 11.5 Å². The van der Waals surface area contributed by atoms with Crippen molar-refractivity contribution >= 4 is 34.3 Å². The number of hydrogen-bond acceptors (Lipinski definition) is 8. The van der Waals surface area contributed by atoms with Gasteiger partial charge in [-0.15, -0.1) is 0 Å². The SMILES string of the molecule is COc1cc2nc(N3CCN(C(=O)CCCCc4ccc(N=[N+]=[N-])cc4)CC3)nc(N)c2cc1OC. The van der Waals surface area contributed by atoms with Crippen LogP contribution in [0.2, 0.25) is 0 Å². The molecule has 1 aromatic heterocycles. The fourth-order valence-corrected chi connectivity index (χ4v) is 4.31. The minimum Gasteiger partial charge on any atom is -0.493 e. The predicted molar refractivity (Wildman–Crippen MR) is 139 cm³/mol. The lowest BCUT2D eigenvalue weighted by Crippen LogP contribution is -2.49. The number of methoxy groups -OCH3 is 2. The number of fused-ring (bicyclic) bond motifs is 1. The van der Waals surface area contributed by atoms with Crippen molar-refractivity contribution in [2.75, 3.05) is 51.0 Å². The van der Waals surface area contributed by atoms with Crippen LogP contribution in [0.15, 0.2) is 41.5 Å². The average Bonchev–Trinajstić information content (AvgIpc) is 2.91. The van der Waals surface area contributed by atoms with Crippen LogP contribution in [0.5, 0.6) is 11.5 Å². The summed E-state index contributed by atoms with van der Waals surface area (Å²) in [6.07, 6.45) is 3.16. The lowest BCUT2D eigenvalue weighted by atomic mass is 10.1. The molecule has 0 atom stereocenters. The molecule has 11 heteroatoms. The first-order valence-electron chi connectivity index (χ1n) is 11.9. The van der Waals surface area contributed by atoms with Crippen molar-refractivity contribution in [2.24, 2.45) is 5.11 Å². The Bertz CT molecular complexity index is 1270. The number of anilines is 2. The van der Waals surface area contributed by atoms with Gasteiger partial charge in [0.15, 0.2) is 11.5 Å². The van der Waals surface area contributed by atoms with E-state index in [1.54, 1.807) is 38.5 Å². The second-order valence-electron chi connectivity index (χ2n) is 8.56. The number of amides is 1. The third-order valence-corrected chi connectivity index (χ3v) is 6.34. The number of carbonyl (C=O) groups excluding carboxylic acids is 1. The second kappa shape index (κ2) is 11.5. The molecule has 0 unspecified atom stereocenters. The molecule has 1 aliphatic heterocycles. The minimum absolute atomic E-state index is 0.170. The normalized spacial score (nSPS) is 13.4. The Hall–Kier alpha value is -4.24. The van der Waals surface area contributed by atoms with Gasteiger partial charge in [0.25, 0.3) is 0 Å². The van der Waals surface area contributed by atoms with E-state index in [9.17, 15) is 4.79 Å². The molecule has 0 saturated carbocycles. The van der Waals surface area contributed by atoms with Crippen LogP contribution in [0, 0.1) is 0 Å². The maximum Gasteiger partial charge on any atom is 0.228 e. The summed E-state index contributed by atoms with van der Waals surface area (Å²) in [6.45, 7) is 2.52. The first-order valence-corrected chi connectivity index (χ1v) is 11.9.